The quantitative estimate of drug-likeness (QED) is 0.298. The first kappa shape index (κ1) is 29.8. The highest BCUT2D eigenvalue weighted by atomic mass is 16.6. The molecule has 3 fully saturated rings. The highest BCUT2D eigenvalue weighted by molar-refractivity contribution is 5.79. The summed E-state index contributed by atoms with van der Waals surface area (Å²) in [6.07, 6.45) is 6.81. The third-order valence-corrected chi connectivity index (χ3v) is 10.9. The van der Waals surface area contributed by atoms with Crippen LogP contribution in [0.4, 0.5) is 9.59 Å². The molecular weight excluding hydrogens is 562 g/mol. The average Bonchev–Trinajstić information content (AvgIpc) is 3.42. The van der Waals surface area contributed by atoms with Crippen LogP contribution in [0.1, 0.15) is 61.1 Å². The Bertz CT molecular complexity index is 1420. The van der Waals surface area contributed by atoms with Crippen molar-refractivity contribution < 1.29 is 19.1 Å². The molecule has 4 aliphatic rings. The van der Waals surface area contributed by atoms with Gasteiger partial charge in [0.05, 0.1) is 0 Å². The summed E-state index contributed by atoms with van der Waals surface area (Å²) in [5.74, 6) is 0.809. The predicted molar refractivity (Wildman–Crippen MR) is 175 cm³/mol. The van der Waals surface area contributed by atoms with Gasteiger partial charge >= 0.3 is 12.2 Å². The van der Waals surface area contributed by atoms with Gasteiger partial charge in [-0.3, -0.25) is 4.90 Å². The van der Waals surface area contributed by atoms with Crippen LogP contribution in [0.3, 0.4) is 0 Å². The van der Waals surface area contributed by atoms with Gasteiger partial charge in [0.15, 0.2) is 0 Å². The van der Waals surface area contributed by atoms with E-state index in [9.17, 15) is 9.59 Å². The number of fused-ring (bicyclic) bond motifs is 3. The SMILES string of the molecule is O=C(OCc1ccccc1)N1CCC2(CCC(CN3CCN(C(=O)OCC4c5ccccc5-c5ccccc54)CC3)CC2)CC1. The molecule has 7 heteroatoms. The highest BCUT2D eigenvalue weighted by Gasteiger charge is 2.40. The van der Waals surface area contributed by atoms with Crippen LogP contribution in [-0.2, 0) is 16.1 Å². The van der Waals surface area contributed by atoms with Gasteiger partial charge in [0.1, 0.15) is 13.2 Å². The number of piperidine rings is 1. The highest BCUT2D eigenvalue weighted by Crippen LogP contribution is 2.47. The summed E-state index contributed by atoms with van der Waals surface area (Å²) in [6.45, 7) is 6.70. The molecule has 0 unspecified atom stereocenters. The summed E-state index contributed by atoms with van der Waals surface area (Å²) in [5.41, 5.74) is 6.41. The first-order valence-corrected chi connectivity index (χ1v) is 16.8. The normalized spacial score (nSPS) is 20.1. The van der Waals surface area contributed by atoms with E-state index in [1.165, 1.54) is 47.9 Å². The van der Waals surface area contributed by atoms with E-state index in [4.69, 9.17) is 9.47 Å². The Morgan fingerprint density at radius 3 is 1.84 bits per heavy atom. The maximum Gasteiger partial charge on any atom is 0.410 e. The van der Waals surface area contributed by atoms with Gasteiger partial charge < -0.3 is 19.3 Å². The molecule has 3 aromatic carbocycles. The van der Waals surface area contributed by atoms with Crippen molar-refractivity contribution >= 4 is 12.2 Å². The Morgan fingerprint density at radius 2 is 1.20 bits per heavy atom. The van der Waals surface area contributed by atoms with Crippen LogP contribution < -0.4 is 0 Å². The van der Waals surface area contributed by atoms with Gasteiger partial charge in [0, 0.05) is 51.7 Å². The number of nitrogens with zero attached hydrogens (tertiary/aromatic N) is 3. The lowest BCUT2D eigenvalue weighted by molar-refractivity contribution is 0.0279. The van der Waals surface area contributed by atoms with Gasteiger partial charge in [-0.1, -0.05) is 78.9 Å². The Hall–Kier alpha value is -3.84. The monoisotopic (exact) mass is 607 g/mol. The molecule has 0 aromatic heterocycles. The number of benzene rings is 3. The number of rotatable bonds is 6. The van der Waals surface area contributed by atoms with Gasteiger partial charge in [-0.05, 0) is 77.7 Å². The molecule has 0 N–H and O–H groups in total. The summed E-state index contributed by atoms with van der Waals surface area (Å²) in [6, 6.07) is 26.8. The zero-order valence-electron chi connectivity index (χ0n) is 26.2. The molecule has 2 saturated heterocycles. The Balaban J connectivity index is 0.814. The molecule has 1 saturated carbocycles. The summed E-state index contributed by atoms with van der Waals surface area (Å²) < 4.78 is 11.5. The Labute approximate surface area is 267 Å². The van der Waals surface area contributed by atoms with E-state index < -0.39 is 0 Å². The Morgan fingerprint density at radius 1 is 0.644 bits per heavy atom. The molecule has 7 rings (SSSR count). The molecule has 2 heterocycles. The largest absolute Gasteiger partial charge is 0.448 e. The van der Waals surface area contributed by atoms with Crippen LogP contribution in [-0.4, -0.2) is 79.3 Å². The van der Waals surface area contributed by atoms with E-state index >= 15 is 0 Å². The lowest BCUT2D eigenvalue weighted by atomic mass is 9.65. The van der Waals surface area contributed by atoms with Crippen molar-refractivity contribution in [3.63, 3.8) is 0 Å². The molecule has 3 aromatic rings. The summed E-state index contributed by atoms with van der Waals surface area (Å²) >= 11 is 0. The molecule has 2 aliphatic carbocycles. The van der Waals surface area contributed by atoms with E-state index in [0.717, 1.165) is 64.2 Å². The van der Waals surface area contributed by atoms with Crippen molar-refractivity contribution in [3.8, 4) is 11.1 Å². The standard InChI is InChI=1S/C38H45N3O4/c42-36(44-27-30-8-2-1-3-9-30)40-20-18-38(19-21-40)16-14-29(15-17-38)26-39-22-24-41(25-23-39)37(43)45-28-35-33-12-6-4-10-31(33)32-11-5-7-13-34(32)35/h1-13,29,35H,14-28H2. The first-order chi connectivity index (χ1) is 22.1. The lowest BCUT2D eigenvalue weighted by Gasteiger charge is -2.46. The van der Waals surface area contributed by atoms with Crippen molar-refractivity contribution in [1.82, 2.24) is 14.7 Å². The summed E-state index contributed by atoms with van der Waals surface area (Å²) in [7, 11) is 0. The van der Waals surface area contributed by atoms with Gasteiger partial charge in [0.25, 0.3) is 0 Å². The minimum absolute atomic E-state index is 0.0953. The van der Waals surface area contributed by atoms with Crippen LogP contribution in [0.5, 0.6) is 0 Å². The van der Waals surface area contributed by atoms with Crippen molar-refractivity contribution in [2.45, 2.75) is 51.0 Å². The van der Waals surface area contributed by atoms with Crippen molar-refractivity contribution in [1.29, 1.82) is 0 Å². The Kier molecular flexibility index (Phi) is 8.79. The van der Waals surface area contributed by atoms with E-state index in [1.807, 2.05) is 40.1 Å². The van der Waals surface area contributed by atoms with Crippen LogP contribution in [0, 0.1) is 11.3 Å². The van der Waals surface area contributed by atoms with Crippen molar-refractivity contribution in [2.24, 2.45) is 11.3 Å². The topological polar surface area (TPSA) is 62.3 Å². The number of carbonyl (C=O) groups is 2. The maximum absolute atomic E-state index is 13.1. The number of piperazine rings is 1. The van der Waals surface area contributed by atoms with Crippen molar-refractivity contribution in [3.05, 3.63) is 95.6 Å². The van der Waals surface area contributed by atoms with Crippen LogP contribution in [0.2, 0.25) is 0 Å². The van der Waals surface area contributed by atoms with Gasteiger partial charge in [0.2, 0.25) is 0 Å². The predicted octanol–water partition coefficient (Wildman–Crippen LogP) is 7.16. The molecule has 0 atom stereocenters. The second-order valence-corrected chi connectivity index (χ2v) is 13.6. The van der Waals surface area contributed by atoms with E-state index in [-0.39, 0.29) is 18.1 Å². The van der Waals surface area contributed by atoms with Crippen LogP contribution >= 0.6 is 0 Å². The van der Waals surface area contributed by atoms with Crippen LogP contribution in [0.15, 0.2) is 78.9 Å². The minimum atomic E-state index is -0.189. The molecule has 2 amide bonds. The average molecular weight is 608 g/mol. The van der Waals surface area contributed by atoms with Crippen molar-refractivity contribution in [2.75, 3.05) is 52.4 Å². The molecule has 1 spiro atoms. The maximum atomic E-state index is 13.1. The fourth-order valence-corrected chi connectivity index (χ4v) is 8.11. The molecular formula is C38H45N3O4. The number of hydrogen-bond acceptors (Lipinski definition) is 5. The number of amides is 2. The van der Waals surface area contributed by atoms with E-state index in [2.05, 4.69) is 53.4 Å². The first-order valence-electron chi connectivity index (χ1n) is 16.8. The second kappa shape index (κ2) is 13.3. The second-order valence-electron chi connectivity index (χ2n) is 13.6. The number of ether oxygens (including phenoxy) is 2. The smallest absolute Gasteiger partial charge is 0.410 e. The third kappa shape index (κ3) is 6.60. The minimum Gasteiger partial charge on any atom is -0.448 e. The number of hydrogen-bond donors (Lipinski definition) is 0. The van der Waals surface area contributed by atoms with Gasteiger partial charge in [-0.15, -0.1) is 0 Å². The third-order valence-electron chi connectivity index (χ3n) is 10.9. The van der Waals surface area contributed by atoms with E-state index in [0.29, 0.717) is 24.5 Å². The summed E-state index contributed by atoms with van der Waals surface area (Å²) in [5, 5.41) is 0. The van der Waals surface area contributed by atoms with Gasteiger partial charge in [-0.25, -0.2) is 9.59 Å². The fourth-order valence-electron chi connectivity index (χ4n) is 8.11. The number of likely N-dealkylation sites (tertiary alicyclic amines) is 1. The molecule has 0 bridgehead atoms. The molecule has 45 heavy (non-hydrogen) atoms. The molecule has 7 nitrogen and oxygen atoms in total. The zero-order valence-corrected chi connectivity index (χ0v) is 26.2. The lowest BCUT2D eigenvalue weighted by Crippen LogP contribution is -2.50. The summed E-state index contributed by atoms with van der Waals surface area (Å²) in [4.78, 5) is 32.0. The van der Waals surface area contributed by atoms with Gasteiger partial charge in [-0.2, -0.15) is 0 Å². The number of carbonyl (C=O) groups excluding carboxylic acids is 2. The fraction of sp³-hybridized carbons (Fsp3) is 0.474. The zero-order chi connectivity index (χ0) is 30.6. The molecule has 0 radical (unpaired) electrons. The van der Waals surface area contributed by atoms with E-state index in [1.54, 1.807) is 0 Å². The molecule has 236 valence electrons. The molecule has 2 aliphatic heterocycles. The van der Waals surface area contributed by atoms with Crippen LogP contribution in [0.25, 0.3) is 11.1 Å².